The lowest BCUT2D eigenvalue weighted by Gasteiger charge is -2.06. The minimum absolute atomic E-state index is 0.227. The summed E-state index contributed by atoms with van der Waals surface area (Å²) in [6.45, 7) is 2.40. The van der Waals surface area contributed by atoms with E-state index in [1.165, 1.54) is 6.07 Å². The summed E-state index contributed by atoms with van der Waals surface area (Å²) in [5.74, 6) is -0.227. The van der Waals surface area contributed by atoms with Gasteiger partial charge >= 0.3 is 0 Å². The largest absolute Gasteiger partial charge is 0.377 e. The van der Waals surface area contributed by atoms with Crippen molar-refractivity contribution in [1.82, 2.24) is 10.2 Å². The lowest BCUT2D eigenvalue weighted by molar-refractivity contribution is 0.629. The van der Waals surface area contributed by atoms with Crippen LogP contribution in [0.4, 0.5) is 10.1 Å². The first-order chi connectivity index (χ1) is 7.25. The van der Waals surface area contributed by atoms with Gasteiger partial charge in [0, 0.05) is 6.20 Å². The Morgan fingerprint density at radius 2 is 2.27 bits per heavy atom. The van der Waals surface area contributed by atoms with Crippen LogP contribution in [-0.4, -0.2) is 10.2 Å². The van der Waals surface area contributed by atoms with Crippen LogP contribution in [0, 0.1) is 12.7 Å². The van der Waals surface area contributed by atoms with Gasteiger partial charge in [-0.05, 0) is 30.7 Å². The van der Waals surface area contributed by atoms with Crippen molar-refractivity contribution >= 4 is 5.69 Å². The fourth-order valence-corrected chi connectivity index (χ4v) is 1.34. The number of aromatic amines is 1. The molecule has 1 aromatic heterocycles. The molecule has 0 bridgehead atoms. The molecule has 0 aliphatic rings. The number of H-pyrrole nitrogens is 1. The molecular weight excluding hydrogens is 193 g/mol. The van der Waals surface area contributed by atoms with Crippen molar-refractivity contribution in [2.75, 3.05) is 5.32 Å². The van der Waals surface area contributed by atoms with E-state index >= 15 is 0 Å². The van der Waals surface area contributed by atoms with Crippen molar-refractivity contribution in [2.24, 2.45) is 0 Å². The van der Waals surface area contributed by atoms with Gasteiger partial charge in [-0.1, -0.05) is 6.07 Å². The summed E-state index contributed by atoms with van der Waals surface area (Å²) in [4.78, 5) is 0. The average Bonchev–Trinajstić information content (AvgIpc) is 2.69. The number of anilines is 1. The van der Waals surface area contributed by atoms with Crippen LogP contribution in [-0.2, 0) is 6.54 Å². The number of hydrogen-bond donors (Lipinski definition) is 2. The second kappa shape index (κ2) is 4.13. The van der Waals surface area contributed by atoms with Crippen molar-refractivity contribution in [2.45, 2.75) is 13.5 Å². The first-order valence-electron chi connectivity index (χ1n) is 4.74. The number of benzene rings is 1. The predicted octanol–water partition coefficient (Wildman–Crippen LogP) is 2.47. The molecule has 0 unspecified atom stereocenters. The van der Waals surface area contributed by atoms with Crippen LogP contribution in [0.25, 0.3) is 0 Å². The summed E-state index contributed by atoms with van der Waals surface area (Å²) in [6.07, 6.45) is 1.67. The molecule has 2 N–H and O–H groups in total. The Morgan fingerprint density at radius 1 is 1.40 bits per heavy atom. The highest BCUT2D eigenvalue weighted by Crippen LogP contribution is 2.15. The summed E-state index contributed by atoms with van der Waals surface area (Å²) in [6, 6.07) is 6.97. The molecule has 78 valence electrons. The van der Waals surface area contributed by atoms with Crippen LogP contribution in [0.5, 0.6) is 0 Å². The highest BCUT2D eigenvalue weighted by Gasteiger charge is 2.01. The highest BCUT2D eigenvalue weighted by molar-refractivity contribution is 5.46. The minimum atomic E-state index is -0.227. The van der Waals surface area contributed by atoms with Gasteiger partial charge in [0.2, 0.25) is 0 Å². The average molecular weight is 205 g/mol. The maximum Gasteiger partial charge on any atom is 0.146 e. The molecule has 0 radical (unpaired) electrons. The summed E-state index contributed by atoms with van der Waals surface area (Å²) < 4.78 is 13.4. The van der Waals surface area contributed by atoms with Gasteiger partial charge < -0.3 is 5.32 Å². The van der Waals surface area contributed by atoms with E-state index in [0.29, 0.717) is 12.2 Å². The zero-order valence-electron chi connectivity index (χ0n) is 8.42. The van der Waals surface area contributed by atoms with Gasteiger partial charge in [0.05, 0.1) is 17.9 Å². The number of aromatic nitrogens is 2. The third-order valence-electron chi connectivity index (χ3n) is 2.15. The van der Waals surface area contributed by atoms with Crippen molar-refractivity contribution in [3.63, 3.8) is 0 Å². The van der Waals surface area contributed by atoms with Gasteiger partial charge in [-0.25, -0.2) is 4.39 Å². The lowest BCUT2D eigenvalue weighted by Crippen LogP contribution is -2.01. The highest BCUT2D eigenvalue weighted by atomic mass is 19.1. The zero-order valence-corrected chi connectivity index (χ0v) is 8.42. The molecule has 0 aliphatic heterocycles. The molecule has 0 spiro atoms. The van der Waals surface area contributed by atoms with E-state index in [2.05, 4.69) is 15.5 Å². The van der Waals surface area contributed by atoms with Crippen LogP contribution >= 0.6 is 0 Å². The van der Waals surface area contributed by atoms with E-state index in [1.807, 2.05) is 19.1 Å². The molecule has 15 heavy (non-hydrogen) atoms. The first-order valence-corrected chi connectivity index (χ1v) is 4.74. The zero-order chi connectivity index (χ0) is 10.7. The monoisotopic (exact) mass is 205 g/mol. The number of halogens is 1. The molecular formula is C11H12FN3. The quantitative estimate of drug-likeness (QED) is 0.808. The Kier molecular flexibility index (Phi) is 2.67. The van der Waals surface area contributed by atoms with Crippen molar-refractivity contribution in [3.8, 4) is 0 Å². The molecule has 3 nitrogen and oxygen atoms in total. The Hall–Kier alpha value is -1.84. The Morgan fingerprint density at radius 3 is 2.93 bits per heavy atom. The number of nitrogens with one attached hydrogen (secondary N) is 2. The van der Waals surface area contributed by atoms with E-state index in [0.717, 1.165) is 11.3 Å². The first kappa shape index (κ1) is 9.71. The molecule has 0 amide bonds. The molecule has 0 saturated carbocycles. The molecule has 1 heterocycles. The molecule has 2 rings (SSSR count). The van der Waals surface area contributed by atoms with Crippen molar-refractivity contribution < 1.29 is 4.39 Å². The van der Waals surface area contributed by atoms with E-state index in [-0.39, 0.29) is 5.82 Å². The number of nitrogens with zero attached hydrogens (tertiary/aromatic N) is 1. The summed E-state index contributed by atoms with van der Waals surface area (Å²) in [7, 11) is 0. The SMILES string of the molecule is Cc1ccc(NCc2ccn[nH]2)c(F)c1. The van der Waals surface area contributed by atoms with E-state index < -0.39 is 0 Å². The topological polar surface area (TPSA) is 40.7 Å². The molecule has 4 heteroatoms. The Labute approximate surface area is 87.3 Å². The van der Waals surface area contributed by atoms with Crippen molar-refractivity contribution in [3.05, 3.63) is 47.5 Å². The van der Waals surface area contributed by atoms with E-state index in [4.69, 9.17) is 0 Å². The molecule has 0 fully saturated rings. The van der Waals surface area contributed by atoms with Gasteiger partial charge in [0.1, 0.15) is 5.82 Å². The molecule has 2 aromatic rings. The second-order valence-electron chi connectivity index (χ2n) is 3.42. The fraction of sp³-hybridized carbons (Fsp3) is 0.182. The number of aryl methyl sites for hydroxylation is 1. The minimum Gasteiger partial charge on any atom is -0.377 e. The molecule has 1 aromatic carbocycles. The normalized spacial score (nSPS) is 10.3. The molecule has 0 aliphatic carbocycles. The van der Waals surface area contributed by atoms with Crippen LogP contribution in [0.15, 0.2) is 30.5 Å². The predicted molar refractivity (Wildman–Crippen MR) is 57.1 cm³/mol. The van der Waals surface area contributed by atoms with Gasteiger partial charge in [-0.2, -0.15) is 5.10 Å². The van der Waals surface area contributed by atoms with E-state index in [9.17, 15) is 4.39 Å². The number of rotatable bonds is 3. The molecule has 0 saturated heterocycles. The summed E-state index contributed by atoms with van der Waals surface area (Å²) in [5, 5.41) is 9.61. The summed E-state index contributed by atoms with van der Waals surface area (Å²) >= 11 is 0. The molecule has 0 atom stereocenters. The smallest absolute Gasteiger partial charge is 0.146 e. The van der Waals surface area contributed by atoms with Gasteiger partial charge in [0.15, 0.2) is 0 Å². The summed E-state index contributed by atoms with van der Waals surface area (Å²) in [5.41, 5.74) is 2.35. The van der Waals surface area contributed by atoms with E-state index in [1.54, 1.807) is 12.3 Å². The standard InChI is InChI=1S/C11H12FN3/c1-8-2-3-11(10(12)6-8)13-7-9-4-5-14-15-9/h2-6,13H,7H2,1H3,(H,14,15). The van der Waals surface area contributed by atoms with Crippen LogP contribution in [0.2, 0.25) is 0 Å². The van der Waals surface area contributed by atoms with Crippen LogP contribution in [0.1, 0.15) is 11.3 Å². The lowest BCUT2D eigenvalue weighted by atomic mass is 10.2. The third-order valence-corrected chi connectivity index (χ3v) is 2.15. The second-order valence-corrected chi connectivity index (χ2v) is 3.42. The Balaban J connectivity index is 2.05. The van der Waals surface area contributed by atoms with Gasteiger partial charge in [-0.15, -0.1) is 0 Å². The van der Waals surface area contributed by atoms with Gasteiger partial charge in [0.25, 0.3) is 0 Å². The maximum absolute atomic E-state index is 13.4. The van der Waals surface area contributed by atoms with Gasteiger partial charge in [-0.3, -0.25) is 5.10 Å². The Bertz CT molecular complexity index is 437. The van der Waals surface area contributed by atoms with Crippen LogP contribution < -0.4 is 5.32 Å². The van der Waals surface area contributed by atoms with Crippen molar-refractivity contribution in [1.29, 1.82) is 0 Å². The fourth-order valence-electron chi connectivity index (χ4n) is 1.34. The number of hydrogen-bond acceptors (Lipinski definition) is 2. The third kappa shape index (κ3) is 2.34. The maximum atomic E-state index is 13.4. The van der Waals surface area contributed by atoms with Crippen LogP contribution in [0.3, 0.4) is 0 Å².